The molecule has 7 nitrogen and oxygen atoms in total. The normalized spacial score (nSPS) is 17.9. The second kappa shape index (κ2) is 5.75. The number of hydrogen-bond acceptors (Lipinski definition) is 5. The average Bonchev–Trinajstić information content (AvgIpc) is 3.06. The first-order valence-electron chi connectivity index (χ1n) is 7.45. The fourth-order valence-electron chi connectivity index (χ4n) is 3.00. The maximum atomic E-state index is 12.7. The van der Waals surface area contributed by atoms with E-state index in [4.69, 9.17) is 5.73 Å². The van der Waals surface area contributed by atoms with Crippen LogP contribution < -0.4 is 5.73 Å². The van der Waals surface area contributed by atoms with Crippen molar-refractivity contribution in [2.45, 2.75) is 39.3 Å². The Kier molecular flexibility index (Phi) is 3.79. The molecule has 0 bridgehead atoms. The third-order valence-electron chi connectivity index (χ3n) is 4.05. The van der Waals surface area contributed by atoms with Gasteiger partial charge in [0.1, 0.15) is 0 Å². The van der Waals surface area contributed by atoms with E-state index in [-0.39, 0.29) is 23.5 Å². The zero-order valence-corrected chi connectivity index (χ0v) is 12.9. The molecule has 2 N–H and O–H groups in total. The first-order valence-corrected chi connectivity index (χ1v) is 7.45. The monoisotopic (exact) mass is 300 g/mol. The van der Waals surface area contributed by atoms with Gasteiger partial charge < -0.3 is 10.6 Å². The summed E-state index contributed by atoms with van der Waals surface area (Å²) in [5.74, 6) is 0.0406. The largest absolute Gasteiger partial charge is 0.382 e. The fourth-order valence-corrected chi connectivity index (χ4v) is 3.00. The molecule has 1 fully saturated rings. The van der Waals surface area contributed by atoms with Crippen LogP contribution in [0.4, 0.5) is 5.82 Å². The number of carbonyl (C=O) groups is 1. The molecule has 0 aliphatic carbocycles. The average molecular weight is 300 g/mol. The van der Waals surface area contributed by atoms with Gasteiger partial charge in [-0.15, -0.1) is 0 Å². The van der Waals surface area contributed by atoms with Gasteiger partial charge in [-0.3, -0.25) is 9.48 Å². The molecule has 3 heterocycles. The molecule has 0 aromatic carbocycles. The SMILES string of the molecule is Cc1cc(C)n(C[C@@H]2CCCN2C(=O)c2nccnc2N)n1. The summed E-state index contributed by atoms with van der Waals surface area (Å²) in [6, 6.07) is 2.16. The number of hydrogen-bond donors (Lipinski definition) is 1. The Morgan fingerprint density at radius 3 is 2.82 bits per heavy atom. The lowest BCUT2D eigenvalue weighted by molar-refractivity contribution is 0.0716. The number of amides is 1. The first-order chi connectivity index (χ1) is 10.6. The van der Waals surface area contributed by atoms with Gasteiger partial charge in [0.15, 0.2) is 11.5 Å². The van der Waals surface area contributed by atoms with E-state index in [0.29, 0.717) is 6.54 Å². The molecule has 3 rings (SSSR count). The lowest BCUT2D eigenvalue weighted by Gasteiger charge is -2.25. The fraction of sp³-hybridized carbons (Fsp3) is 0.467. The third-order valence-corrected chi connectivity index (χ3v) is 4.05. The van der Waals surface area contributed by atoms with Crippen molar-refractivity contribution in [3.05, 3.63) is 35.5 Å². The number of likely N-dealkylation sites (tertiary alicyclic amines) is 1. The van der Waals surface area contributed by atoms with Crippen LogP contribution in [0.2, 0.25) is 0 Å². The second-order valence-corrected chi connectivity index (χ2v) is 5.69. The summed E-state index contributed by atoms with van der Waals surface area (Å²) in [5.41, 5.74) is 8.11. The number of carbonyl (C=O) groups excluding carboxylic acids is 1. The van der Waals surface area contributed by atoms with Crippen LogP contribution in [0.1, 0.15) is 34.7 Å². The van der Waals surface area contributed by atoms with E-state index in [1.54, 1.807) is 0 Å². The van der Waals surface area contributed by atoms with E-state index < -0.39 is 0 Å². The molecule has 0 spiro atoms. The van der Waals surface area contributed by atoms with Crippen molar-refractivity contribution < 1.29 is 4.79 Å². The van der Waals surface area contributed by atoms with E-state index in [1.165, 1.54) is 12.4 Å². The molecule has 0 unspecified atom stereocenters. The Labute approximate surface area is 129 Å². The van der Waals surface area contributed by atoms with Gasteiger partial charge in [0.2, 0.25) is 0 Å². The number of anilines is 1. The molecular formula is C15H20N6O. The van der Waals surface area contributed by atoms with E-state index in [0.717, 1.165) is 30.8 Å². The van der Waals surface area contributed by atoms with Gasteiger partial charge in [-0.25, -0.2) is 9.97 Å². The van der Waals surface area contributed by atoms with Crippen molar-refractivity contribution in [3.63, 3.8) is 0 Å². The van der Waals surface area contributed by atoms with Crippen LogP contribution in [0.25, 0.3) is 0 Å². The maximum Gasteiger partial charge on any atom is 0.276 e. The highest BCUT2D eigenvalue weighted by Crippen LogP contribution is 2.22. The van der Waals surface area contributed by atoms with Crippen molar-refractivity contribution in [3.8, 4) is 0 Å². The predicted octanol–water partition coefficient (Wildman–Crippen LogP) is 1.18. The number of rotatable bonds is 3. The predicted molar refractivity (Wildman–Crippen MR) is 82.2 cm³/mol. The lowest BCUT2D eigenvalue weighted by Crippen LogP contribution is -2.39. The molecule has 22 heavy (non-hydrogen) atoms. The number of aromatic nitrogens is 4. The van der Waals surface area contributed by atoms with E-state index >= 15 is 0 Å². The minimum absolute atomic E-state index is 0.118. The van der Waals surface area contributed by atoms with Crippen molar-refractivity contribution >= 4 is 11.7 Å². The highest BCUT2D eigenvalue weighted by atomic mass is 16.2. The molecule has 1 aliphatic rings. The van der Waals surface area contributed by atoms with E-state index in [9.17, 15) is 4.79 Å². The Balaban J connectivity index is 1.80. The summed E-state index contributed by atoms with van der Waals surface area (Å²) in [4.78, 5) is 22.5. The molecule has 2 aromatic heterocycles. The van der Waals surface area contributed by atoms with Crippen molar-refractivity contribution in [1.29, 1.82) is 0 Å². The summed E-state index contributed by atoms with van der Waals surface area (Å²) in [6.45, 7) is 5.42. The van der Waals surface area contributed by atoms with Gasteiger partial charge in [0.05, 0.1) is 18.3 Å². The van der Waals surface area contributed by atoms with Gasteiger partial charge in [-0.05, 0) is 32.8 Å². The van der Waals surface area contributed by atoms with Gasteiger partial charge in [0, 0.05) is 24.6 Å². The molecule has 1 saturated heterocycles. The zero-order valence-electron chi connectivity index (χ0n) is 12.9. The molecule has 1 aliphatic heterocycles. The van der Waals surface area contributed by atoms with Crippen molar-refractivity contribution in [2.24, 2.45) is 0 Å². The van der Waals surface area contributed by atoms with E-state index in [1.807, 2.05) is 29.5 Å². The topological polar surface area (TPSA) is 89.9 Å². The number of aryl methyl sites for hydroxylation is 2. The van der Waals surface area contributed by atoms with Gasteiger partial charge >= 0.3 is 0 Å². The Morgan fingerprint density at radius 2 is 2.14 bits per heavy atom. The van der Waals surface area contributed by atoms with Crippen LogP contribution in [0.15, 0.2) is 18.5 Å². The molecule has 1 amide bonds. The minimum atomic E-state index is -0.144. The quantitative estimate of drug-likeness (QED) is 0.919. The molecule has 1 atom stereocenters. The molecule has 2 aromatic rings. The summed E-state index contributed by atoms with van der Waals surface area (Å²) in [6.07, 6.45) is 4.93. The zero-order chi connectivity index (χ0) is 15.7. The van der Waals surface area contributed by atoms with Crippen LogP contribution in [0.3, 0.4) is 0 Å². The van der Waals surface area contributed by atoms with Gasteiger partial charge in [0.25, 0.3) is 5.91 Å². The van der Waals surface area contributed by atoms with Crippen LogP contribution in [0, 0.1) is 13.8 Å². The number of nitrogens with zero attached hydrogens (tertiary/aromatic N) is 5. The smallest absolute Gasteiger partial charge is 0.276 e. The van der Waals surface area contributed by atoms with Crippen LogP contribution in [0.5, 0.6) is 0 Å². The lowest BCUT2D eigenvalue weighted by atomic mass is 10.2. The molecular weight excluding hydrogens is 280 g/mol. The Bertz CT molecular complexity index is 695. The molecule has 116 valence electrons. The maximum absolute atomic E-state index is 12.7. The van der Waals surface area contributed by atoms with E-state index in [2.05, 4.69) is 15.1 Å². The van der Waals surface area contributed by atoms with Crippen LogP contribution in [-0.2, 0) is 6.54 Å². The van der Waals surface area contributed by atoms with Crippen LogP contribution in [-0.4, -0.2) is 43.1 Å². The third kappa shape index (κ3) is 2.66. The second-order valence-electron chi connectivity index (χ2n) is 5.69. The van der Waals surface area contributed by atoms with Gasteiger partial charge in [-0.2, -0.15) is 5.10 Å². The summed E-state index contributed by atoms with van der Waals surface area (Å²) < 4.78 is 1.96. The van der Waals surface area contributed by atoms with Crippen molar-refractivity contribution in [1.82, 2.24) is 24.6 Å². The summed E-state index contributed by atoms with van der Waals surface area (Å²) in [5, 5.41) is 4.48. The summed E-state index contributed by atoms with van der Waals surface area (Å²) in [7, 11) is 0. The molecule has 0 radical (unpaired) electrons. The summed E-state index contributed by atoms with van der Waals surface area (Å²) >= 11 is 0. The number of nitrogens with two attached hydrogens (primary N) is 1. The van der Waals surface area contributed by atoms with Gasteiger partial charge in [-0.1, -0.05) is 0 Å². The number of nitrogen functional groups attached to an aromatic ring is 1. The molecule has 7 heteroatoms. The minimum Gasteiger partial charge on any atom is -0.382 e. The standard InChI is InChI=1S/C15H20N6O/c1-10-8-11(2)21(19-10)9-12-4-3-7-20(12)15(22)13-14(16)18-6-5-17-13/h5-6,8,12H,3-4,7,9H2,1-2H3,(H2,16,18)/t12-/m0/s1. The highest BCUT2D eigenvalue weighted by Gasteiger charge is 2.31. The Hall–Kier alpha value is -2.44. The highest BCUT2D eigenvalue weighted by molar-refractivity contribution is 5.96. The molecule has 0 saturated carbocycles. The first kappa shape index (κ1) is 14.5. The van der Waals surface area contributed by atoms with Crippen molar-refractivity contribution in [2.75, 3.05) is 12.3 Å². The Morgan fingerprint density at radius 1 is 1.36 bits per heavy atom. The van der Waals surface area contributed by atoms with Crippen LogP contribution >= 0.6 is 0 Å².